The lowest BCUT2D eigenvalue weighted by Crippen LogP contribution is -2.08. The standard InChI is InChI=1S/C13H11F3N2/c1-8-4-5-9-10(3-2-6-17)12(13(14,15)16)18-11(9)7-8/h4-5,7,18H,2-3H2,1H3. The van der Waals surface area contributed by atoms with E-state index in [4.69, 9.17) is 5.26 Å². The monoisotopic (exact) mass is 252 g/mol. The molecule has 5 heteroatoms. The van der Waals surface area contributed by atoms with Gasteiger partial charge in [-0.15, -0.1) is 0 Å². The average Bonchev–Trinajstić information content (AvgIpc) is 2.63. The van der Waals surface area contributed by atoms with Crippen LogP contribution in [0, 0.1) is 18.3 Å². The van der Waals surface area contributed by atoms with E-state index >= 15 is 0 Å². The zero-order chi connectivity index (χ0) is 13.3. The molecule has 1 aromatic carbocycles. The first-order valence-electron chi connectivity index (χ1n) is 5.49. The van der Waals surface area contributed by atoms with Gasteiger partial charge in [0.15, 0.2) is 0 Å². The molecule has 2 aromatic rings. The van der Waals surface area contributed by atoms with Gasteiger partial charge in [-0.1, -0.05) is 12.1 Å². The predicted molar refractivity (Wildman–Crippen MR) is 62.0 cm³/mol. The summed E-state index contributed by atoms with van der Waals surface area (Å²) in [5.41, 5.74) is 0.803. The lowest BCUT2D eigenvalue weighted by molar-refractivity contribution is -0.141. The second-order valence-electron chi connectivity index (χ2n) is 4.18. The van der Waals surface area contributed by atoms with Crippen LogP contribution >= 0.6 is 0 Å². The number of aromatic amines is 1. The molecule has 0 unspecified atom stereocenters. The van der Waals surface area contributed by atoms with E-state index in [9.17, 15) is 13.2 Å². The number of hydrogen-bond acceptors (Lipinski definition) is 1. The maximum atomic E-state index is 12.9. The Kier molecular flexibility index (Phi) is 3.04. The molecule has 2 rings (SSSR count). The first-order chi connectivity index (χ1) is 8.43. The Bertz CT molecular complexity index is 617. The molecule has 0 bridgehead atoms. The van der Waals surface area contributed by atoms with Crippen LogP contribution in [0.15, 0.2) is 18.2 Å². The first-order valence-corrected chi connectivity index (χ1v) is 5.49. The van der Waals surface area contributed by atoms with Gasteiger partial charge in [-0.25, -0.2) is 0 Å². The molecule has 1 aromatic heterocycles. The fraction of sp³-hybridized carbons (Fsp3) is 0.308. The van der Waals surface area contributed by atoms with Gasteiger partial charge in [-0.3, -0.25) is 0 Å². The summed E-state index contributed by atoms with van der Waals surface area (Å²) < 4.78 is 38.7. The molecule has 2 nitrogen and oxygen atoms in total. The summed E-state index contributed by atoms with van der Waals surface area (Å²) in [6.07, 6.45) is -4.24. The Morgan fingerprint density at radius 2 is 2.06 bits per heavy atom. The van der Waals surface area contributed by atoms with Crippen LogP contribution in [0.3, 0.4) is 0 Å². The first kappa shape index (κ1) is 12.5. The molecule has 0 aliphatic carbocycles. The number of H-pyrrole nitrogens is 1. The number of halogens is 3. The maximum Gasteiger partial charge on any atom is 0.431 e. The minimum absolute atomic E-state index is 0.0733. The van der Waals surface area contributed by atoms with Gasteiger partial charge in [0.25, 0.3) is 0 Å². The molecule has 0 saturated carbocycles. The fourth-order valence-corrected chi connectivity index (χ4v) is 2.05. The molecule has 0 aliphatic heterocycles. The van der Waals surface area contributed by atoms with Gasteiger partial charge in [0.2, 0.25) is 0 Å². The van der Waals surface area contributed by atoms with E-state index < -0.39 is 11.9 Å². The number of nitriles is 1. The molecule has 0 fully saturated rings. The SMILES string of the molecule is Cc1ccc2c(CCC#N)c(C(F)(F)F)[nH]c2c1. The van der Waals surface area contributed by atoms with E-state index in [1.807, 2.05) is 13.0 Å². The number of aryl methyl sites for hydroxylation is 2. The van der Waals surface area contributed by atoms with Gasteiger partial charge in [-0.05, 0) is 30.5 Å². The van der Waals surface area contributed by atoms with Crippen LogP contribution in [-0.2, 0) is 12.6 Å². The van der Waals surface area contributed by atoms with Gasteiger partial charge >= 0.3 is 6.18 Å². The number of fused-ring (bicyclic) bond motifs is 1. The zero-order valence-corrected chi connectivity index (χ0v) is 9.73. The summed E-state index contributed by atoms with van der Waals surface area (Å²) in [7, 11) is 0. The fourth-order valence-electron chi connectivity index (χ4n) is 2.05. The van der Waals surface area contributed by atoms with E-state index in [0.29, 0.717) is 10.9 Å². The van der Waals surface area contributed by atoms with Crippen molar-refractivity contribution in [2.75, 3.05) is 0 Å². The lowest BCUT2D eigenvalue weighted by Gasteiger charge is -2.06. The van der Waals surface area contributed by atoms with E-state index in [-0.39, 0.29) is 18.4 Å². The van der Waals surface area contributed by atoms with E-state index in [0.717, 1.165) is 5.56 Å². The molecular formula is C13H11F3N2. The van der Waals surface area contributed by atoms with Gasteiger partial charge in [0.05, 0.1) is 6.07 Å². The number of aromatic nitrogens is 1. The summed E-state index contributed by atoms with van der Waals surface area (Å²) >= 11 is 0. The largest absolute Gasteiger partial charge is 0.431 e. The highest BCUT2D eigenvalue weighted by atomic mass is 19.4. The molecule has 0 atom stereocenters. The molecule has 94 valence electrons. The van der Waals surface area contributed by atoms with Crippen molar-refractivity contribution in [2.45, 2.75) is 25.9 Å². The third-order valence-corrected chi connectivity index (χ3v) is 2.83. The summed E-state index contributed by atoms with van der Waals surface area (Å²) in [6, 6.07) is 7.00. The number of nitrogens with one attached hydrogen (secondary N) is 1. The van der Waals surface area contributed by atoms with Crippen molar-refractivity contribution >= 4 is 10.9 Å². The Labute approximate surface area is 102 Å². The van der Waals surface area contributed by atoms with Crippen molar-refractivity contribution in [3.05, 3.63) is 35.0 Å². The molecule has 0 aliphatic rings. The quantitative estimate of drug-likeness (QED) is 0.863. The van der Waals surface area contributed by atoms with Crippen molar-refractivity contribution in [3.8, 4) is 6.07 Å². The summed E-state index contributed by atoms with van der Waals surface area (Å²) in [6.45, 7) is 1.82. The summed E-state index contributed by atoms with van der Waals surface area (Å²) in [4.78, 5) is 2.42. The van der Waals surface area contributed by atoms with Gasteiger partial charge in [0, 0.05) is 17.3 Å². The predicted octanol–water partition coefficient (Wildman–Crippen LogP) is 3.95. The second kappa shape index (κ2) is 4.37. The third kappa shape index (κ3) is 2.19. The highest BCUT2D eigenvalue weighted by Crippen LogP contribution is 2.36. The van der Waals surface area contributed by atoms with Crippen LogP contribution in [0.1, 0.15) is 23.2 Å². The van der Waals surface area contributed by atoms with Gasteiger partial charge in [-0.2, -0.15) is 18.4 Å². The molecule has 1 N–H and O–H groups in total. The van der Waals surface area contributed by atoms with E-state index in [2.05, 4.69) is 4.98 Å². The van der Waals surface area contributed by atoms with Crippen LogP contribution in [0.5, 0.6) is 0 Å². The van der Waals surface area contributed by atoms with E-state index in [1.54, 1.807) is 18.2 Å². The lowest BCUT2D eigenvalue weighted by atomic mass is 10.0. The highest BCUT2D eigenvalue weighted by molar-refractivity contribution is 5.85. The molecule has 18 heavy (non-hydrogen) atoms. The van der Waals surface area contributed by atoms with Gasteiger partial charge < -0.3 is 4.98 Å². The maximum absolute atomic E-state index is 12.9. The Morgan fingerprint density at radius 1 is 1.33 bits per heavy atom. The van der Waals surface area contributed by atoms with Crippen LogP contribution in [-0.4, -0.2) is 4.98 Å². The Morgan fingerprint density at radius 3 is 2.67 bits per heavy atom. The number of benzene rings is 1. The number of hydrogen-bond donors (Lipinski definition) is 1. The zero-order valence-electron chi connectivity index (χ0n) is 9.73. The van der Waals surface area contributed by atoms with Crippen molar-refractivity contribution in [1.82, 2.24) is 4.98 Å². The van der Waals surface area contributed by atoms with Crippen molar-refractivity contribution in [1.29, 1.82) is 5.26 Å². The molecule has 0 amide bonds. The second-order valence-corrected chi connectivity index (χ2v) is 4.18. The van der Waals surface area contributed by atoms with Crippen LogP contribution in [0.2, 0.25) is 0 Å². The van der Waals surface area contributed by atoms with Crippen molar-refractivity contribution < 1.29 is 13.2 Å². The number of nitrogens with zero attached hydrogens (tertiary/aromatic N) is 1. The summed E-state index contributed by atoms with van der Waals surface area (Å²) in [5, 5.41) is 9.08. The number of rotatable bonds is 2. The molecule has 0 radical (unpaired) electrons. The minimum Gasteiger partial charge on any atom is -0.351 e. The van der Waals surface area contributed by atoms with Crippen molar-refractivity contribution in [3.63, 3.8) is 0 Å². The average molecular weight is 252 g/mol. The molecule has 0 spiro atoms. The summed E-state index contributed by atoms with van der Waals surface area (Å²) in [5.74, 6) is 0. The minimum atomic E-state index is -4.42. The van der Waals surface area contributed by atoms with Crippen LogP contribution in [0.25, 0.3) is 10.9 Å². The molecule has 0 saturated heterocycles. The van der Waals surface area contributed by atoms with Gasteiger partial charge in [0.1, 0.15) is 5.69 Å². The Balaban J connectivity index is 2.65. The molecular weight excluding hydrogens is 241 g/mol. The van der Waals surface area contributed by atoms with E-state index in [1.165, 1.54) is 0 Å². The topological polar surface area (TPSA) is 39.6 Å². The van der Waals surface area contributed by atoms with Crippen molar-refractivity contribution in [2.24, 2.45) is 0 Å². The molecule has 1 heterocycles. The third-order valence-electron chi connectivity index (χ3n) is 2.83. The number of alkyl halides is 3. The smallest absolute Gasteiger partial charge is 0.351 e. The normalized spacial score (nSPS) is 11.7. The van der Waals surface area contributed by atoms with Crippen LogP contribution in [0.4, 0.5) is 13.2 Å². The Hall–Kier alpha value is -1.96. The van der Waals surface area contributed by atoms with Crippen LogP contribution < -0.4 is 0 Å². The highest BCUT2D eigenvalue weighted by Gasteiger charge is 2.36.